The number of esters is 2. The third-order valence-corrected chi connectivity index (χ3v) is 5.49. The molecule has 0 radical (unpaired) electrons. The first-order chi connectivity index (χ1) is 12.2. The largest absolute Gasteiger partial charge is 0.464 e. The zero-order valence-corrected chi connectivity index (χ0v) is 16.5. The van der Waals surface area contributed by atoms with Crippen molar-refractivity contribution in [3.63, 3.8) is 0 Å². The Hall–Kier alpha value is -1.45. The zero-order chi connectivity index (χ0) is 19.2. The van der Waals surface area contributed by atoms with E-state index in [-0.39, 0.29) is 31.0 Å². The second-order valence-corrected chi connectivity index (χ2v) is 8.72. The summed E-state index contributed by atoms with van der Waals surface area (Å²) in [5.41, 5.74) is 0.901. The van der Waals surface area contributed by atoms with Gasteiger partial charge in [0.1, 0.15) is 19.0 Å². The number of hydrogen-bond donors (Lipinski definition) is 1. The van der Waals surface area contributed by atoms with Gasteiger partial charge < -0.3 is 9.47 Å². The minimum Gasteiger partial charge on any atom is -0.464 e. The average molecular weight is 449 g/mol. The Morgan fingerprint density at radius 3 is 2.00 bits per heavy atom. The maximum atomic E-state index is 12.2. The Bertz CT molecular complexity index is 722. The molecule has 9 heteroatoms. The Kier molecular flexibility index (Phi) is 7.60. The molecule has 1 N–H and O–H groups in total. The van der Waals surface area contributed by atoms with Crippen LogP contribution in [0.2, 0.25) is 0 Å². The quantitative estimate of drug-likeness (QED) is 0.504. The maximum absolute atomic E-state index is 12.2. The summed E-state index contributed by atoms with van der Waals surface area (Å²) in [6.45, 7) is -0.156. The summed E-state index contributed by atoms with van der Waals surface area (Å²) in [6, 6.07) is 7.50. The summed E-state index contributed by atoms with van der Waals surface area (Å²) in [7, 11) is -4.14. The topological polar surface area (TPSA) is 107 Å². The highest BCUT2D eigenvalue weighted by Crippen LogP contribution is 2.30. The Labute approximate surface area is 160 Å². The highest BCUT2D eigenvalue weighted by atomic mass is 79.9. The summed E-state index contributed by atoms with van der Waals surface area (Å²) < 4.78 is 41.0. The van der Waals surface area contributed by atoms with E-state index in [4.69, 9.17) is 14.0 Å². The summed E-state index contributed by atoms with van der Waals surface area (Å²) in [5.74, 6) is -1.98. The Morgan fingerprint density at radius 2 is 1.50 bits per heavy atom. The fourth-order valence-electron chi connectivity index (χ4n) is 2.78. The van der Waals surface area contributed by atoms with Crippen LogP contribution in [0.4, 0.5) is 0 Å². The van der Waals surface area contributed by atoms with Crippen LogP contribution in [0.15, 0.2) is 28.7 Å². The van der Waals surface area contributed by atoms with Crippen LogP contribution in [0, 0.1) is 11.8 Å². The number of benzene rings is 1. The van der Waals surface area contributed by atoms with E-state index in [2.05, 4.69) is 15.9 Å². The number of carbonyl (C=O) groups excluding carboxylic acids is 2. The number of carbonyl (C=O) groups is 2. The van der Waals surface area contributed by atoms with Crippen molar-refractivity contribution in [3.8, 4) is 0 Å². The third-order valence-electron chi connectivity index (χ3n) is 4.27. The summed E-state index contributed by atoms with van der Waals surface area (Å²) in [5, 5.41) is 0. The van der Waals surface area contributed by atoms with Gasteiger partial charge in [0.05, 0.1) is 11.8 Å². The minimum absolute atomic E-state index is 0.212. The molecule has 26 heavy (non-hydrogen) atoms. The van der Waals surface area contributed by atoms with Crippen molar-refractivity contribution in [2.24, 2.45) is 11.8 Å². The van der Waals surface area contributed by atoms with Gasteiger partial charge in [-0.1, -0.05) is 28.1 Å². The Morgan fingerprint density at radius 1 is 1.00 bits per heavy atom. The molecule has 1 aromatic rings. The van der Waals surface area contributed by atoms with Crippen LogP contribution < -0.4 is 0 Å². The first kappa shape index (κ1) is 20.9. The van der Waals surface area contributed by atoms with Gasteiger partial charge in [0.2, 0.25) is 0 Å². The smallest absolute Gasteiger partial charge is 0.309 e. The molecule has 0 aromatic heterocycles. The number of rotatable bonds is 7. The number of halogens is 1. The van der Waals surface area contributed by atoms with E-state index in [0.29, 0.717) is 25.7 Å². The lowest BCUT2D eigenvalue weighted by atomic mass is 9.82. The van der Waals surface area contributed by atoms with Crippen molar-refractivity contribution in [3.05, 3.63) is 34.3 Å². The predicted octanol–water partition coefficient (Wildman–Crippen LogP) is 2.73. The molecular formula is C17H21BrO7S. The molecule has 2 rings (SSSR count). The molecular weight excluding hydrogens is 428 g/mol. The first-order valence-electron chi connectivity index (χ1n) is 8.27. The highest BCUT2D eigenvalue weighted by molar-refractivity contribution is 9.10. The molecule has 0 saturated heterocycles. The second-order valence-electron chi connectivity index (χ2n) is 6.24. The van der Waals surface area contributed by atoms with Gasteiger partial charge >= 0.3 is 11.9 Å². The van der Waals surface area contributed by atoms with Crippen molar-refractivity contribution in [2.75, 3.05) is 12.4 Å². The van der Waals surface area contributed by atoms with Gasteiger partial charge in [0, 0.05) is 4.47 Å². The third kappa shape index (κ3) is 7.05. The number of hydrogen-bond acceptors (Lipinski definition) is 6. The van der Waals surface area contributed by atoms with Gasteiger partial charge in [0.25, 0.3) is 10.1 Å². The molecule has 1 aliphatic carbocycles. The van der Waals surface area contributed by atoms with Crippen LogP contribution in [-0.2, 0) is 35.8 Å². The highest BCUT2D eigenvalue weighted by Gasteiger charge is 2.31. The molecule has 1 aromatic carbocycles. The van der Waals surface area contributed by atoms with Crippen LogP contribution in [0.3, 0.4) is 0 Å². The van der Waals surface area contributed by atoms with Crippen LogP contribution >= 0.6 is 15.9 Å². The fraction of sp³-hybridized carbons (Fsp3) is 0.529. The standard InChI is InChI=1S/C17H21BrO7S/c18-15-7-1-12(2-8-15)11-25-17(20)14-5-3-13(4-6-14)16(19)24-9-10-26(21,22)23/h1-2,7-8,13-14H,3-6,9-11H2,(H,21,22,23). The van der Waals surface area contributed by atoms with Gasteiger partial charge in [0.15, 0.2) is 0 Å². The van der Waals surface area contributed by atoms with Gasteiger partial charge in [-0.2, -0.15) is 8.42 Å². The molecule has 0 aliphatic heterocycles. The summed E-state index contributed by atoms with van der Waals surface area (Å²) in [6.07, 6.45) is 2.03. The van der Waals surface area contributed by atoms with Gasteiger partial charge in [-0.3, -0.25) is 14.1 Å². The molecule has 1 fully saturated rings. The first-order valence-corrected chi connectivity index (χ1v) is 10.7. The van der Waals surface area contributed by atoms with Crippen LogP contribution in [-0.4, -0.2) is 37.3 Å². The van der Waals surface area contributed by atoms with E-state index in [1.807, 2.05) is 24.3 Å². The Balaban J connectivity index is 1.70. The number of ether oxygens (including phenoxy) is 2. The van der Waals surface area contributed by atoms with Crippen LogP contribution in [0.25, 0.3) is 0 Å². The van der Waals surface area contributed by atoms with Gasteiger partial charge in [-0.05, 0) is 43.4 Å². The van der Waals surface area contributed by atoms with Crippen LogP contribution in [0.1, 0.15) is 31.2 Å². The molecule has 144 valence electrons. The molecule has 1 aliphatic rings. The minimum atomic E-state index is -4.14. The van der Waals surface area contributed by atoms with Crippen molar-refractivity contribution < 1.29 is 32.0 Å². The van der Waals surface area contributed by atoms with Crippen molar-refractivity contribution in [1.82, 2.24) is 0 Å². The lowest BCUT2D eigenvalue weighted by Crippen LogP contribution is -2.29. The van der Waals surface area contributed by atoms with Crippen molar-refractivity contribution in [1.29, 1.82) is 0 Å². The molecule has 1 saturated carbocycles. The monoisotopic (exact) mass is 448 g/mol. The van der Waals surface area contributed by atoms with Crippen molar-refractivity contribution in [2.45, 2.75) is 32.3 Å². The van der Waals surface area contributed by atoms with E-state index < -0.39 is 21.8 Å². The van der Waals surface area contributed by atoms with Gasteiger partial charge in [-0.15, -0.1) is 0 Å². The predicted molar refractivity (Wildman–Crippen MR) is 96.8 cm³/mol. The molecule has 0 amide bonds. The zero-order valence-electron chi connectivity index (χ0n) is 14.1. The molecule has 0 unspecified atom stereocenters. The maximum Gasteiger partial charge on any atom is 0.309 e. The molecule has 0 heterocycles. The lowest BCUT2D eigenvalue weighted by Gasteiger charge is -2.25. The van der Waals surface area contributed by atoms with E-state index in [0.717, 1.165) is 10.0 Å². The van der Waals surface area contributed by atoms with E-state index in [9.17, 15) is 18.0 Å². The SMILES string of the molecule is O=C(OCCS(=O)(=O)O)C1CCC(C(=O)OCc2ccc(Br)cc2)CC1. The van der Waals surface area contributed by atoms with Crippen molar-refractivity contribution >= 4 is 38.0 Å². The second kappa shape index (κ2) is 9.48. The van der Waals surface area contributed by atoms with Gasteiger partial charge in [-0.25, -0.2) is 0 Å². The molecule has 0 spiro atoms. The van der Waals surface area contributed by atoms with E-state index in [1.54, 1.807) is 0 Å². The fourth-order valence-corrected chi connectivity index (χ4v) is 3.34. The molecule has 0 bridgehead atoms. The van der Waals surface area contributed by atoms with Crippen LogP contribution in [0.5, 0.6) is 0 Å². The average Bonchev–Trinajstić information content (AvgIpc) is 2.60. The molecule has 7 nitrogen and oxygen atoms in total. The van der Waals surface area contributed by atoms with E-state index in [1.165, 1.54) is 0 Å². The molecule has 0 atom stereocenters. The van der Waals surface area contributed by atoms with E-state index >= 15 is 0 Å². The lowest BCUT2D eigenvalue weighted by molar-refractivity contribution is -0.155. The normalized spacial score (nSPS) is 20.4. The summed E-state index contributed by atoms with van der Waals surface area (Å²) in [4.78, 5) is 24.0. The summed E-state index contributed by atoms with van der Waals surface area (Å²) >= 11 is 3.34.